The van der Waals surface area contributed by atoms with E-state index in [0.717, 1.165) is 17.5 Å². The topological polar surface area (TPSA) is 30.7 Å². The van der Waals surface area contributed by atoms with Crippen molar-refractivity contribution >= 4 is 11.8 Å². The minimum atomic E-state index is 0.521. The molecule has 0 atom stereocenters. The standard InChI is InChI=1S/C13H17N3S/c1-10(2)17-13-15-14-11(3)16(13)9-12-7-5-4-6-8-12/h4-8,10H,9H2,1-3H3. The number of hydrogen-bond acceptors (Lipinski definition) is 3. The van der Waals surface area contributed by atoms with Crippen molar-refractivity contribution in [2.45, 2.75) is 37.7 Å². The third-order valence-corrected chi connectivity index (χ3v) is 3.41. The molecular formula is C13H17N3S. The molecule has 1 aromatic heterocycles. The molecule has 0 aliphatic carbocycles. The van der Waals surface area contributed by atoms with Crippen molar-refractivity contribution in [3.63, 3.8) is 0 Å². The Morgan fingerprint density at radius 3 is 2.53 bits per heavy atom. The summed E-state index contributed by atoms with van der Waals surface area (Å²) in [6, 6.07) is 10.4. The van der Waals surface area contributed by atoms with E-state index in [1.165, 1.54) is 5.56 Å². The maximum Gasteiger partial charge on any atom is 0.191 e. The molecule has 1 heterocycles. The van der Waals surface area contributed by atoms with Gasteiger partial charge >= 0.3 is 0 Å². The lowest BCUT2D eigenvalue weighted by Gasteiger charge is -2.09. The van der Waals surface area contributed by atoms with Gasteiger partial charge in [-0.05, 0) is 12.5 Å². The van der Waals surface area contributed by atoms with Gasteiger partial charge in [0, 0.05) is 5.25 Å². The SMILES string of the molecule is Cc1nnc(SC(C)C)n1Cc1ccccc1. The highest BCUT2D eigenvalue weighted by Crippen LogP contribution is 2.22. The van der Waals surface area contributed by atoms with E-state index in [1.54, 1.807) is 11.8 Å². The summed E-state index contributed by atoms with van der Waals surface area (Å²) < 4.78 is 2.17. The molecule has 0 unspecified atom stereocenters. The van der Waals surface area contributed by atoms with Gasteiger partial charge in [-0.25, -0.2) is 0 Å². The van der Waals surface area contributed by atoms with Crippen molar-refractivity contribution in [2.75, 3.05) is 0 Å². The normalized spacial score (nSPS) is 11.1. The molecule has 0 aliphatic rings. The molecule has 0 radical (unpaired) electrons. The van der Waals surface area contributed by atoms with Gasteiger partial charge in [0.15, 0.2) is 5.16 Å². The van der Waals surface area contributed by atoms with Crippen LogP contribution in [0.5, 0.6) is 0 Å². The van der Waals surface area contributed by atoms with Crippen LogP contribution in [0.25, 0.3) is 0 Å². The Hall–Kier alpha value is -1.29. The van der Waals surface area contributed by atoms with E-state index in [2.05, 4.69) is 52.9 Å². The van der Waals surface area contributed by atoms with Gasteiger partial charge in [-0.15, -0.1) is 10.2 Å². The Morgan fingerprint density at radius 2 is 1.88 bits per heavy atom. The van der Waals surface area contributed by atoms with Gasteiger partial charge in [0.05, 0.1) is 6.54 Å². The number of aromatic nitrogens is 3. The van der Waals surface area contributed by atoms with E-state index in [1.807, 2.05) is 13.0 Å². The zero-order chi connectivity index (χ0) is 12.3. The zero-order valence-electron chi connectivity index (χ0n) is 10.4. The Labute approximate surface area is 106 Å². The van der Waals surface area contributed by atoms with E-state index in [-0.39, 0.29) is 0 Å². The van der Waals surface area contributed by atoms with E-state index >= 15 is 0 Å². The second kappa shape index (κ2) is 5.36. The number of benzene rings is 1. The van der Waals surface area contributed by atoms with Crippen molar-refractivity contribution in [3.8, 4) is 0 Å². The van der Waals surface area contributed by atoms with Gasteiger partial charge in [0.1, 0.15) is 5.82 Å². The first kappa shape index (κ1) is 12.2. The lowest BCUT2D eigenvalue weighted by atomic mass is 10.2. The fraction of sp³-hybridized carbons (Fsp3) is 0.385. The summed E-state index contributed by atoms with van der Waals surface area (Å²) in [4.78, 5) is 0. The van der Waals surface area contributed by atoms with E-state index in [4.69, 9.17) is 0 Å². The fourth-order valence-corrected chi connectivity index (χ4v) is 2.44. The Morgan fingerprint density at radius 1 is 1.18 bits per heavy atom. The number of hydrogen-bond donors (Lipinski definition) is 0. The van der Waals surface area contributed by atoms with Crippen molar-refractivity contribution < 1.29 is 0 Å². The van der Waals surface area contributed by atoms with Gasteiger partial charge in [-0.2, -0.15) is 0 Å². The Balaban J connectivity index is 2.23. The quantitative estimate of drug-likeness (QED) is 0.778. The third kappa shape index (κ3) is 3.09. The molecule has 90 valence electrons. The highest BCUT2D eigenvalue weighted by atomic mass is 32.2. The number of aryl methyl sites for hydroxylation is 1. The lowest BCUT2D eigenvalue weighted by molar-refractivity contribution is 0.687. The summed E-state index contributed by atoms with van der Waals surface area (Å²) in [5.74, 6) is 0.969. The van der Waals surface area contributed by atoms with Crippen LogP contribution in [-0.2, 0) is 6.54 Å². The predicted molar refractivity (Wildman–Crippen MR) is 71.3 cm³/mol. The summed E-state index contributed by atoms with van der Waals surface area (Å²) in [6.45, 7) is 7.18. The minimum absolute atomic E-state index is 0.521. The fourth-order valence-electron chi connectivity index (χ4n) is 1.61. The molecule has 2 aromatic rings. The van der Waals surface area contributed by atoms with Crippen LogP contribution >= 0.6 is 11.8 Å². The lowest BCUT2D eigenvalue weighted by Crippen LogP contribution is -2.05. The molecule has 0 aliphatic heterocycles. The number of nitrogens with zero attached hydrogens (tertiary/aromatic N) is 3. The third-order valence-electron chi connectivity index (χ3n) is 2.43. The average molecular weight is 247 g/mol. The van der Waals surface area contributed by atoms with Crippen molar-refractivity contribution in [2.24, 2.45) is 0 Å². The molecule has 0 N–H and O–H groups in total. The highest BCUT2D eigenvalue weighted by molar-refractivity contribution is 7.99. The summed E-state index contributed by atoms with van der Waals surface area (Å²) in [6.07, 6.45) is 0. The molecule has 0 fully saturated rings. The second-order valence-electron chi connectivity index (χ2n) is 4.27. The zero-order valence-corrected chi connectivity index (χ0v) is 11.2. The second-order valence-corrected chi connectivity index (χ2v) is 5.81. The molecule has 17 heavy (non-hydrogen) atoms. The van der Waals surface area contributed by atoms with Crippen LogP contribution in [-0.4, -0.2) is 20.0 Å². The van der Waals surface area contributed by atoms with Crippen LogP contribution in [0, 0.1) is 6.92 Å². The van der Waals surface area contributed by atoms with Crippen LogP contribution < -0.4 is 0 Å². The Bertz CT molecular complexity index is 477. The summed E-state index contributed by atoms with van der Waals surface area (Å²) >= 11 is 1.75. The number of thioether (sulfide) groups is 1. The molecule has 0 bridgehead atoms. The van der Waals surface area contributed by atoms with Crippen molar-refractivity contribution in [1.29, 1.82) is 0 Å². The maximum atomic E-state index is 4.23. The average Bonchev–Trinajstić information content (AvgIpc) is 2.62. The van der Waals surface area contributed by atoms with Gasteiger partial charge in [-0.1, -0.05) is 55.9 Å². The maximum absolute atomic E-state index is 4.23. The van der Waals surface area contributed by atoms with Gasteiger partial charge < -0.3 is 4.57 Å². The van der Waals surface area contributed by atoms with Crippen molar-refractivity contribution in [1.82, 2.24) is 14.8 Å². The van der Waals surface area contributed by atoms with Crippen LogP contribution in [0.4, 0.5) is 0 Å². The molecule has 1 aromatic carbocycles. The molecule has 0 amide bonds. The summed E-state index contributed by atoms with van der Waals surface area (Å²) in [5.41, 5.74) is 1.28. The van der Waals surface area contributed by atoms with Gasteiger partial charge in [0.2, 0.25) is 0 Å². The minimum Gasteiger partial charge on any atom is -0.302 e. The largest absolute Gasteiger partial charge is 0.302 e. The van der Waals surface area contributed by atoms with Gasteiger partial charge in [0.25, 0.3) is 0 Å². The van der Waals surface area contributed by atoms with Crippen molar-refractivity contribution in [3.05, 3.63) is 41.7 Å². The molecule has 0 saturated heterocycles. The first-order valence-corrected chi connectivity index (χ1v) is 6.65. The molecular weight excluding hydrogens is 230 g/mol. The van der Waals surface area contributed by atoms with E-state index in [9.17, 15) is 0 Å². The first-order chi connectivity index (χ1) is 8.16. The Kier molecular flexibility index (Phi) is 3.84. The molecule has 2 rings (SSSR count). The van der Waals surface area contributed by atoms with Crippen LogP contribution in [0.15, 0.2) is 35.5 Å². The van der Waals surface area contributed by atoms with Gasteiger partial charge in [-0.3, -0.25) is 0 Å². The van der Waals surface area contributed by atoms with E-state index < -0.39 is 0 Å². The number of rotatable bonds is 4. The highest BCUT2D eigenvalue weighted by Gasteiger charge is 2.11. The molecule has 4 heteroatoms. The molecule has 0 saturated carbocycles. The van der Waals surface area contributed by atoms with Crippen LogP contribution in [0.3, 0.4) is 0 Å². The molecule has 0 spiro atoms. The molecule has 3 nitrogen and oxygen atoms in total. The van der Waals surface area contributed by atoms with Crippen LogP contribution in [0.1, 0.15) is 25.2 Å². The van der Waals surface area contributed by atoms with Crippen LogP contribution in [0.2, 0.25) is 0 Å². The first-order valence-electron chi connectivity index (χ1n) is 5.77. The monoisotopic (exact) mass is 247 g/mol. The smallest absolute Gasteiger partial charge is 0.191 e. The van der Waals surface area contributed by atoms with E-state index in [0.29, 0.717) is 5.25 Å². The predicted octanol–water partition coefficient (Wildman–Crippen LogP) is 3.14. The summed E-state index contributed by atoms with van der Waals surface area (Å²) in [7, 11) is 0. The summed E-state index contributed by atoms with van der Waals surface area (Å²) in [5, 5.41) is 9.91.